The smallest absolute Gasteiger partial charge is 0.276 e. The van der Waals surface area contributed by atoms with Gasteiger partial charge in [-0.1, -0.05) is 6.92 Å². The lowest BCUT2D eigenvalue weighted by atomic mass is 10.3. The Bertz CT molecular complexity index is 440. The summed E-state index contributed by atoms with van der Waals surface area (Å²) in [6, 6.07) is 2.93. The van der Waals surface area contributed by atoms with Gasteiger partial charge in [0.1, 0.15) is 11.6 Å². The minimum Gasteiger partial charge on any atom is -0.380 e. The molecule has 112 valence electrons. The molecule has 0 amide bonds. The summed E-state index contributed by atoms with van der Waals surface area (Å²) in [4.78, 5) is 16.8. The van der Waals surface area contributed by atoms with Crippen LogP contribution < -0.4 is 10.2 Å². The third-order valence-electron chi connectivity index (χ3n) is 2.73. The van der Waals surface area contributed by atoms with Gasteiger partial charge < -0.3 is 15.0 Å². The van der Waals surface area contributed by atoms with Crippen molar-refractivity contribution in [3.63, 3.8) is 0 Å². The Morgan fingerprint density at radius 3 is 2.80 bits per heavy atom. The Labute approximate surface area is 119 Å². The van der Waals surface area contributed by atoms with Gasteiger partial charge >= 0.3 is 0 Å². The van der Waals surface area contributed by atoms with E-state index in [9.17, 15) is 10.1 Å². The molecular weight excluding hydrogens is 260 g/mol. The van der Waals surface area contributed by atoms with Crippen LogP contribution in [0.3, 0.4) is 0 Å². The molecule has 0 aliphatic heterocycles. The summed E-state index contributed by atoms with van der Waals surface area (Å²) in [6.45, 7) is 6.54. The highest BCUT2D eigenvalue weighted by atomic mass is 16.6. The van der Waals surface area contributed by atoms with Gasteiger partial charge in [0.2, 0.25) is 0 Å². The van der Waals surface area contributed by atoms with Crippen LogP contribution >= 0.6 is 0 Å². The second-order valence-electron chi connectivity index (χ2n) is 4.37. The van der Waals surface area contributed by atoms with Gasteiger partial charge in [0.25, 0.3) is 5.69 Å². The average Bonchev–Trinajstić information content (AvgIpc) is 2.44. The minimum atomic E-state index is -0.404. The van der Waals surface area contributed by atoms with Crippen LogP contribution in [-0.4, -0.2) is 43.3 Å². The van der Waals surface area contributed by atoms with E-state index in [1.54, 1.807) is 0 Å². The predicted molar refractivity (Wildman–Crippen MR) is 79.4 cm³/mol. The number of pyridine rings is 1. The number of likely N-dealkylation sites (N-methyl/N-ethyl adjacent to an activating group) is 1. The van der Waals surface area contributed by atoms with Crippen LogP contribution in [0.4, 0.5) is 17.3 Å². The van der Waals surface area contributed by atoms with Crippen molar-refractivity contribution >= 4 is 17.3 Å². The van der Waals surface area contributed by atoms with Crippen molar-refractivity contribution in [1.29, 1.82) is 0 Å². The van der Waals surface area contributed by atoms with Crippen molar-refractivity contribution in [2.24, 2.45) is 0 Å². The molecule has 0 spiro atoms. The van der Waals surface area contributed by atoms with Crippen LogP contribution in [0, 0.1) is 10.1 Å². The maximum absolute atomic E-state index is 11.0. The van der Waals surface area contributed by atoms with Gasteiger partial charge in [-0.25, -0.2) is 4.98 Å². The summed E-state index contributed by atoms with van der Waals surface area (Å²) in [6.07, 6.45) is 0.930. The summed E-state index contributed by atoms with van der Waals surface area (Å²) < 4.78 is 5.28. The molecule has 0 aliphatic carbocycles. The van der Waals surface area contributed by atoms with Crippen LogP contribution in [0.1, 0.15) is 20.3 Å². The lowest BCUT2D eigenvalue weighted by molar-refractivity contribution is -0.384. The first-order chi connectivity index (χ1) is 9.58. The van der Waals surface area contributed by atoms with Crippen LogP contribution in [0.5, 0.6) is 0 Å². The molecule has 20 heavy (non-hydrogen) atoms. The van der Waals surface area contributed by atoms with Crippen LogP contribution in [0.15, 0.2) is 12.1 Å². The van der Waals surface area contributed by atoms with Crippen molar-refractivity contribution in [3.05, 3.63) is 22.2 Å². The first kappa shape index (κ1) is 16.2. The Morgan fingerprint density at radius 1 is 1.45 bits per heavy atom. The Hall–Kier alpha value is -1.89. The van der Waals surface area contributed by atoms with Gasteiger partial charge in [-0.3, -0.25) is 10.1 Å². The van der Waals surface area contributed by atoms with E-state index >= 15 is 0 Å². The number of nitro groups is 1. The largest absolute Gasteiger partial charge is 0.380 e. The van der Waals surface area contributed by atoms with E-state index in [-0.39, 0.29) is 5.69 Å². The topological polar surface area (TPSA) is 80.5 Å². The summed E-state index contributed by atoms with van der Waals surface area (Å²) >= 11 is 0. The number of nitrogens with zero attached hydrogens (tertiary/aromatic N) is 3. The standard InChI is InChI=1S/C13H22N4O3/c1-4-6-14-12-9-11(17(18)19)10-13(15-12)16(3)7-8-20-5-2/h9-10H,4-8H2,1-3H3,(H,14,15). The molecule has 1 rings (SSSR count). The maximum atomic E-state index is 11.0. The molecule has 0 atom stereocenters. The number of ether oxygens (including phenoxy) is 1. The normalized spacial score (nSPS) is 10.3. The van der Waals surface area contributed by atoms with E-state index < -0.39 is 4.92 Å². The zero-order chi connectivity index (χ0) is 15.0. The summed E-state index contributed by atoms with van der Waals surface area (Å²) in [5.41, 5.74) is 0.0388. The number of rotatable bonds is 9. The lowest BCUT2D eigenvalue weighted by Gasteiger charge is -2.18. The molecular formula is C13H22N4O3. The van der Waals surface area contributed by atoms with Gasteiger partial charge in [-0.15, -0.1) is 0 Å². The van der Waals surface area contributed by atoms with Gasteiger partial charge in [-0.05, 0) is 13.3 Å². The fourth-order valence-corrected chi connectivity index (χ4v) is 1.61. The number of anilines is 2. The summed E-state index contributed by atoms with van der Waals surface area (Å²) in [7, 11) is 1.84. The third kappa shape index (κ3) is 5.00. The second-order valence-corrected chi connectivity index (χ2v) is 4.37. The van der Waals surface area contributed by atoms with Crippen molar-refractivity contribution in [2.45, 2.75) is 20.3 Å². The van der Waals surface area contributed by atoms with Gasteiger partial charge in [0.05, 0.1) is 23.7 Å². The summed E-state index contributed by atoms with van der Waals surface area (Å²) in [5.74, 6) is 1.09. The first-order valence-corrected chi connectivity index (χ1v) is 6.77. The lowest BCUT2D eigenvalue weighted by Crippen LogP contribution is -2.24. The molecule has 1 aromatic heterocycles. The molecule has 0 saturated carbocycles. The van der Waals surface area contributed by atoms with Crippen molar-refractivity contribution in [3.8, 4) is 0 Å². The monoisotopic (exact) mass is 282 g/mol. The highest BCUT2D eigenvalue weighted by Gasteiger charge is 2.13. The molecule has 0 fully saturated rings. The average molecular weight is 282 g/mol. The molecule has 0 saturated heterocycles. The molecule has 1 N–H and O–H groups in total. The molecule has 0 unspecified atom stereocenters. The Kier molecular flexibility index (Phi) is 6.72. The number of aromatic nitrogens is 1. The highest BCUT2D eigenvalue weighted by Crippen LogP contribution is 2.22. The van der Waals surface area contributed by atoms with E-state index in [1.807, 2.05) is 25.8 Å². The number of nitrogens with one attached hydrogen (secondary N) is 1. The molecule has 1 aromatic rings. The quantitative estimate of drug-likeness (QED) is 0.425. The van der Waals surface area contributed by atoms with E-state index in [2.05, 4.69) is 10.3 Å². The molecule has 0 aliphatic rings. The van der Waals surface area contributed by atoms with E-state index in [0.29, 0.717) is 31.4 Å². The number of hydrogen-bond donors (Lipinski definition) is 1. The highest BCUT2D eigenvalue weighted by molar-refractivity contribution is 5.55. The zero-order valence-electron chi connectivity index (χ0n) is 12.3. The van der Waals surface area contributed by atoms with E-state index in [1.165, 1.54) is 12.1 Å². The van der Waals surface area contributed by atoms with Gasteiger partial charge in [-0.2, -0.15) is 0 Å². The van der Waals surface area contributed by atoms with Gasteiger partial charge in [0, 0.05) is 26.7 Å². The Morgan fingerprint density at radius 2 is 2.20 bits per heavy atom. The van der Waals surface area contributed by atoms with Crippen molar-refractivity contribution < 1.29 is 9.66 Å². The molecule has 7 nitrogen and oxygen atoms in total. The number of hydrogen-bond acceptors (Lipinski definition) is 6. The third-order valence-corrected chi connectivity index (χ3v) is 2.73. The van der Waals surface area contributed by atoms with E-state index in [0.717, 1.165) is 13.0 Å². The first-order valence-electron chi connectivity index (χ1n) is 6.77. The van der Waals surface area contributed by atoms with Crippen LogP contribution in [-0.2, 0) is 4.74 Å². The zero-order valence-corrected chi connectivity index (χ0v) is 12.3. The molecule has 0 bridgehead atoms. The van der Waals surface area contributed by atoms with Crippen LogP contribution in [0.2, 0.25) is 0 Å². The second kappa shape index (κ2) is 8.31. The molecule has 0 aromatic carbocycles. The SMILES string of the molecule is CCCNc1cc([N+](=O)[O-])cc(N(C)CCOCC)n1. The minimum absolute atomic E-state index is 0.0388. The summed E-state index contributed by atoms with van der Waals surface area (Å²) in [5, 5.41) is 14.0. The molecule has 1 heterocycles. The predicted octanol–water partition coefficient (Wildman–Crippen LogP) is 2.28. The van der Waals surface area contributed by atoms with Crippen molar-refractivity contribution in [2.75, 3.05) is 43.6 Å². The van der Waals surface area contributed by atoms with Crippen LogP contribution in [0.25, 0.3) is 0 Å². The fourth-order valence-electron chi connectivity index (χ4n) is 1.61. The van der Waals surface area contributed by atoms with E-state index in [4.69, 9.17) is 4.74 Å². The van der Waals surface area contributed by atoms with Gasteiger partial charge in [0.15, 0.2) is 0 Å². The molecule has 7 heteroatoms. The maximum Gasteiger partial charge on any atom is 0.276 e. The fraction of sp³-hybridized carbons (Fsp3) is 0.615. The Balaban J connectivity index is 2.86. The molecule has 0 radical (unpaired) electrons. The van der Waals surface area contributed by atoms with Crippen molar-refractivity contribution in [1.82, 2.24) is 4.98 Å².